The van der Waals surface area contributed by atoms with Crippen LogP contribution in [-0.2, 0) is 18.7 Å². The van der Waals surface area contributed by atoms with Gasteiger partial charge in [0, 0.05) is 23.2 Å². The average Bonchev–Trinajstić information content (AvgIpc) is 3.45. The van der Waals surface area contributed by atoms with Gasteiger partial charge in [0.2, 0.25) is 0 Å². The Labute approximate surface area is 197 Å². The van der Waals surface area contributed by atoms with E-state index in [1.54, 1.807) is 23.1 Å². The fourth-order valence-corrected chi connectivity index (χ4v) is 5.43. The lowest BCUT2D eigenvalue weighted by atomic mass is 10.1. The van der Waals surface area contributed by atoms with Crippen LogP contribution in [0.15, 0.2) is 59.1 Å². The largest absolute Gasteiger partial charge is 0.483 e. The van der Waals surface area contributed by atoms with Gasteiger partial charge in [0.15, 0.2) is 17.1 Å². The molecule has 0 radical (unpaired) electrons. The molecule has 4 aromatic rings. The van der Waals surface area contributed by atoms with Gasteiger partial charge in [-0.25, -0.2) is 4.98 Å². The number of benzene rings is 2. The first-order valence-corrected chi connectivity index (χ1v) is 12.8. The Morgan fingerprint density at radius 3 is 2.56 bits per heavy atom. The second-order valence-electron chi connectivity index (χ2n) is 7.59. The van der Waals surface area contributed by atoms with Crippen LogP contribution >= 0.6 is 23.1 Å². The first-order valence-electron chi connectivity index (χ1n) is 10.9. The smallest absolute Gasteiger partial charge is 0.191 e. The van der Waals surface area contributed by atoms with Crippen molar-refractivity contribution in [3.8, 4) is 16.3 Å². The van der Waals surface area contributed by atoms with E-state index in [9.17, 15) is 0 Å². The lowest BCUT2D eigenvalue weighted by Crippen LogP contribution is -2.12. The molecule has 0 fully saturated rings. The number of ether oxygens (including phenoxy) is 1. The third kappa shape index (κ3) is 5.05. The quantitative estimate of drug-likeness (QED) is 0.257. The minimum atomic E-state index is -0.184. The van der Waals surface area contributed by atoms with E-state index in [0.29, 0.717) is 0 Å². The number of thiazole rings is 1. The molecule has 32 heavy (non-hydrogen) atoms. The van der Waals surface area contributed by atoms with Crippen LogP contribution in [0.3, 0.4) is 0 Å². The Balaban J connectivity index is 1.43. The first-order chi connectivity index (χ1) is 15.6. The van der Waals surface area contributed by atoms with Gasteiger partial charge in [-0.05, 0) is 50.5 Å². The summed E-state index contributed by atoms with van der Waals surface area (Å²) in [6.07, 6.45) is 0.836. The summed E-state index contributed by atoms with van der Waals surface area (Å²) < 4.78 is 8.27. The molecule has 1 unspecified atom stereocenters. The molecule has 0 bridgehead atoms. The summed E-state index contributed by atoms with van der Waals surface area (Å²) >= 11 is 3.35. The van der Waals surface area contributed by atoms with Gasteiger partial charge in [-0.2, -0.15) is 0 Å². The molecule has 2 aromatic heterocycles. The van der Waals surface area contributed by atoms with Crippen LogP contribution in [0, 0.1) is 6.92 Å². The summed E-state index contributed by atoms with van der Waals surface area (Å²) in [5.74, 6) is 2.45. The number of nitrogens with zero attached hydrogens (tertiary/aromatic N) is 4. The standard InChI is InChI=1S/C25H28N4OS2/c1-5-19-11-13-21(14-12-19)30-18(4)23-27-28-25(29(23)6-2)32-16-20-15-31-24(26-20)22-10-8-7-9-17(22)3/h7-15,18H,5-6,16H2,1-4H3. The molecule has 0 aliphatic rings. The normalized spacial score (nSPS) is 12.1. The van der Waals surface area contributed by atoms with Gasteiger partial charge in [0.25, 0.3) is 0 Å². The van der Waals surface area contributed by atoms with E-state index in [2.05, 4.69) is 77.3 Å². The number of hydrogen-bond acceptors (Lipinski definition) is 6. The molecule has 4 rings (SSSR count). The molecule has 0 aliphatic heterocycles. The van der Waals surface area contributed by atoms with Crippen molar-refractivity contribution < 1.29 is 4.74 Å². The van der Waals surface area contributed by atoms with Crippen LogP contribution in [0.1, 0.15) is 49.5 Å². The Hall–Kier alpha value is -2.64. The van der Waals surface area contributed by atoms with Crippen molar-refractivity contribution in [2.45, 2.75) is 57.7 Å². The fraction of sp³-hybridized carbons (Fsp3) is 0.320. The Morgan fingerprint density at radius 1 is 1.06 bits per heavy atom. The molecule has 2 heterocycles. The number of thioether (sulfide) groups is 1. The second kappa shape index (κ2) is 10.3. The molecule has 0 saturated heterocycles. The molecular weight excluding hydrogens is 436 g/mol. The molecular formula is C25H28N4OS2. The average molecular weight is 465 g/mol. The molecule has 7 heteroatoms. The lowest BCUT2D eigenvalue weighted by Gasteiger charge is -2.15. The van der Waals surface area contributed by atoms with Gasteiger partial charge in [0.05, 0.1) is 5.69 Å². The highest BCUT2D eigenvalue weighted by Gasteiger charge is 2.19. The van der Waals surface area contributed by atoms with Crippen LogP contribution < -0.4 is 4.74 Å². The minimum Gasteiger partial charge on any atom is -0.483 e. The highest BCUT2D eigenvalue weighted by Crippen LogP contribution is 2.30. The van der Waals surface area contributed by atoms with Gasteiger partial charge >= 0.3 is 0 Å². The third-order valence-corrected chi connectivity index (χ3v) is 7.27. The predicted molar refractivity (Wildman–Crippen MR) is 132 cm³/mol. The summed E-state index contributed by atoms with van der Waals surface area (Å²) in [7, 11) is 0. The van der Waals surface area contributed by atoms with Crippen LogP contribution in [0.25, 0.3) is 10.6 Å². The summed E-state index contributed by atoms with van der Waals surface area (Å²) in [5, 5.41) is 13.0. The van der Waals surface area contributed by atoms with E-state index in [1.807, 2.05) is 19.1 Å². The van der Waals surface area contributed by atoms with E-state index in [1.165, 1.54) is 16.7 Å². The molecule has 0 saturated carbocycles. The van der Waals surface area contributed by atoms with Crippen molar-refractivity contribution in [2.24, 2.45) is 0 Å². The second-order valence-corrected chi connectivity index (χ2v) is 9.39. The van der Waals surface area contributed by atoms with Crippen LogP contribution in [-0.4, -0.2) is 19.7 Å². The Morgan fingerprint density at radius 2 is 1.84 bits per heavy atom. The van der Waals surface area contributed by atoms with Gasteiger partial charge in [-0.1, -0.05) is 55.1 Å². The number of aromatic nitrogens is 4. The molecule has 0 spiro atoms. The summed E-state index contributed by atoms with van der Waals surface area (Å²) in [4.78, 5) is 4.84. The first kappa shape index (κ1) is 22.6. The van der Waals surface area contributed by atoms with Crippen molar-refractivity contribution in [1.29, 1.82) is 0 Å². The SMILES string of the molecule is CCc1ccc(OC(C)c2nnc(SCc3csc(-c4ccccc4C)n3)n2CC)cc1. The summed E-state index contributed by atoms with van der Waals surface area (Å²) in [6, 6.07) is 16.6. The van der Waals surface area contributed by atoms with Crippen LogP contribution in [0.4, 0.5) is 0 Å². The molecule has 0 amide bonds. The highest BCUT2D eigenvalue weighted by atomic mass is 32.2. The van der Waals surface area contributed by atoms with Crippen molar-refractivity contribution in [1.82, 2.24) is 19.7 Å². The zero-order valence-electron chi connectivity index (χ0n) is 18.9. The van der Waals surface area contributed by atoms with E-state index >= 15 is 0 Å². The maximum atomic E-state index is 6.14. The Kier molecular flexibility index (Phi) is 7.27. The number of hydrogen-bond donors (Lipinski definition) is 0. The zero-order valence-corrected chi connectivity index (χ0v) is 20.5. The third-order valence-electron chi connectivity index (χ3n) is 5.35. The van der Waals surface area contributed by atoms with Crippen LogP contribution in [0.5, 0.6) is 5.75 Å². The highest BCUT2D eigenvalue weighted by molar-refractivity contribution is 7.98. The molecule has 2 aromatic carbocycles. The summed E-state index contributed by atoms with van der Waals surface area (Å²) in [5.41, 5.74) is 4.80. The van der Waals surface area contributed by atoms with Gasteiger partial charge in [-0.3, -0.25) is 0 Å². The van der Waals surface area contributed by atoms with E-state index < -0.39 is 0 Å². The lowest BCUT2D eigenvalue weighted by molar-refractivity contribution is 0.210. The molecule has 1 atom stereocenters. The minimum absolute atomic E-state index is 0.184. The molecule has 166 valence electrons. The van der Waals surface area contributed by atoms with Gasteiger partial charge in [-0.15, -0.1) is 21.5 Å². The maximum absolute atomic E-state index is 6.14. The van der Waals surface area contributed by atoms with E-state index in [4.69, 9.17) is 9.72 Å². The molecule has 0 N–H and O–H groups in total. The predicted octanol–water partition coefficient (Wildman–Crippen LogP) is 6.72. The Bertz CT molecular complexity index is 1170. The van der Waals surface area contributed by atoms with E-state index in [-0.39, 0.29) is 6.10 Å². The summed E-state index contributed by atoms with van der Waals surface area (Å²) in [6.45, 7) is 9.19. The fourth-order valence-electron chi connectivity index (χ4n) is 3.51. The molecule has 5 nitrogen and oxygen atoms in total. The van der Waals surface area contributed by atoms with Crippen LogP contribution in [0.2, 0.25) is 0 Å². The van der Waals surface area contributed by atoms with Crippen molar-refractivity contribution >= 4 is 23.1 Å². The van der Waals surface area contributed by atoms with E-state index in [0.717, 1.165) is 46.2 Å². The zero-order chi connectivity index (χ0) is 22.5. The van der Waals surface area contributed by atoms with Gasteiger partial charge in [0.1, 0.15) is 10.8 Å². The van der Waals surface area contributed by atoms with Gasteiger partial charge < -0.3 is 9.30 Å². The topological polar surface area (TPSA) is 52.8 Å². The monoisotopic (exact) mass is 464 g/mol. The maximum Gasteiger partial charge on any atom is 0.191 e. The number of rotatable bonds is 9. The van der Waals surface area contributed by atoms with Crippen molar-refractivity contribution in [2.75, 3.05) is 0 Å². The molecule has 0 aliphatic carbocycles. The number of aryl methyl sites for hydroxylation is 2. The van der Waals surface area contributed by atoms with Crippen molar-refractivity contribution in [3.63, 3.8) is 0 Å². The van der Waals surface area contributed by atoms with Crippen molar-refractivity contribution in [3.05, 3.63) is 76.6 Å².